The average molecular weight is 452 g/mol. The lowest BCUT2D eigenvalue weighted by Gasteiger charge is -2.28. The largest absolute Gasteiger partial charge is 0.466 e. The quantitative estimate of drug-likeness (QED) is 0.352. The molecule has 6 nitrogen and oxygen atoms in total. The molecule has 4 rings (SSSR count). The van der Waals surface area contributed by atoms with Crippen molar-refractivity contribution in [3.8, 4) is 0 Å². The van der Waals surface area contributed by atoms with Crippen molar-refractivity contribution >= 4 is 22.9 Å². The Hall–Kier alpha value is -3.22. The number of pyridine rings is 1. The Labute approximate surface area is 193 Å². The number of unbranched alkanes of at least 4 members (excludes halogenated alkanes) is 2. The van der Waals surface area contributed by atoms with Crippen LogP contribution in [0.5, 0.6) is 0 Å². The third-order valence-corrected chi connectivity index (χ3v) is 6.20. The van der Waals surface area contributed by atoms with Gasteiger partial charge in [0, 0.05) is 43.2 Å². The van der Waals surface area contributed by atoms with Gasteiger partial charge in [0.1, 0.15) is 11.5 Å². The number of rotatable bonds is 9. The second-order valence-corrected chi connectivity index (χ2v) is 8.44. The van der Waals surface area contributed by atoms with Gasteiger partial charge in [0.15, 0.2) is 0 Å². The summed E-state index contributed by atoms with van der Waals surface area (Å²) in [5.41, 5.74) is 4.25. The highest BCUT2D eigenvalue weighted by Gasteiger charge is 2.27. The smallest absolute Gasteiger partial charge is 0.305 e. The van der Waals surface area contributed by atoms with Gasteiger partial charge in [0.2, 0.25) is 5.91 Å². The lowest BCUT2D eigenvalue weighted by Crippen LogP contribution is -2.36. The Morgan fingerprint density at radius 2 is 1.88 bits per heavy atom. The molecule has 0 N–H and O–H groups in total. The standard InChI is InChI=1S/C26H30FN3O3/c1-2-33-25(32)9-5-3-4-8-24(31)29-16-14-21-22-7-6-15-28-26(22)30(23(21)18-29)17-19-10-12-20(27)13-11-19/h6-7,10-13,15H,2-5,8-9,14,16-18H2,1H3. The molecule has 1 aromatic carbocycles. The van der Waals surface area contributed by atoms with Gasteiger partial charge in [-0.2, -0.15) is 0 Å². The van der Waals surface area contributed by atoms with Crippen molar-refractivity contribution in [2.75, 3.05) is 13.2 Å². The molecule has 1 aliphatic heterocycles. The number of hydrogen-bond donors (Lipinski definition) is 0. The third-order valence-electron chi connectivity index (χ3n) is 6.20. The SMILES string of the molecule is CCOC(=O)CCCCCC(=O)N1CCc2c(n(Cc3ccc(F)cc3)c3ncccc23)C1. The van der Waals surface area contributed by atoms with Crippen LogP contribution in [0.1, 0.15) is 55.8 Å². The highest BCUT2D eigenvalue weighted by atomic mass is 19.1. The van der Waals surface area contributed by atoms with Crippen LogP contribution in [0.2, 0.25) is 0 Å². The molecule has 0 saturated heterocycles. The number of carbonyl (C=O) groups excluding carboxylic acids is 2. The van der Waals surface area contributed by atoms with Crippen LogP contribution in [0.3, 0.4) is 0 Å². The van der Waals surface area contributed by atoms with E-state index in [1.165, 1.54) is 17.7 Å². The number of aromatic nitrogens is 2. The molecule has 0 radical (unpaired) electrons. The van der Waals surface area contributed by atoms with E-state index in [1.807, 2.05) is 11.0 Å². The van der Waals surface area contributed by atoms with Crippen LogP contribution in [0.15, 0.2) is 42.6 Å². The van der Waals surface area contributed by atoms with Gasteiger partial charge in [-0.25, -0.2) is 9.37 Å². The Kier molecular flexibility index (Phi) is 7.37. The molecular weight excluding hydrogens is 421 g/mol. The molecule has 0 fully saturated rings. The second-order valence-electron chi connectivity index (χ2n) is 8.44. The Bertz CT molecular complexity index is 1120. The third kappa shape index (κ3) is 5.41. The molecule has 2 aromatic heterocycles. The predicted octanol–water partition coefficient (Wildman–Crippen LogP) is 4.62. The molecule has 0 saturated carbocycles. The summed E-state index contributed by atoms with van der Waals surface area (Å²) >= 11 is 0. The molecule has 0 unspecified atom stereocenters. The van der Waals surface area contributed by atoms with E-state index in [0.717, 1.165) is 48.0 Å². The summed E-state index contributed by atoms with van der Waals surface area (Å²) in [4.78, 5) is 30.9. The zero-order valence-corrected chi connectivity index (χ0v) is 19.1. The minimum atomic E-state index is -0.254. The fourth-order valence-corrected chi connectivity index (χ4v) is 4.53. The van der Waals surface area contributed by atoms with Crippen molar-refractivity contribution in [3.63, 3.8) is 0 Å². The van der Waals surface area contributed by atoms with Crippen LogP contribution in [-0.2, 0) is 33.8 Å². The normalized spacial score (nSPS) is 13.2. The topological polar surface area (TPSA) is 64.4 Å². The molecule has 7 heteroatoms. The lowest BCUT2D eigenvalue weighted by atomic mass is 10.0. The maximum absolute atomic E-state index is 13.4. The minimum absolute atomic E-state index is 0.142. The van der Waals surface area contributed by atoms with Crippen molar-refractivity contribution in [1.82, 2.24) is 14.5 Å². The number of benzene rings is 1. The molecule has 3 aromatic rings. The van der Waals surface area contributed by atoms with Gasteiger partial charge in [-0.05, 0) is 61.6 Å². The van der Waals surface area contributed by atoms with Crippen LogP contribution in [0.25, 0.3) is 11.0 Å². The number of hydrogen-bond acceptors (Lipinski definition) is 4. The lowest BCUT2D eigenvalue weighted by molar-refractivity contribution is -0.143. The Balaban J connectivity index is 1.43. The summed E-state index contributed by atoms with van der Waals surface area (Å²) in [5.74, 6) is -0.284. The van der Waals surface area contributed by atoms with Gasteiger partial charge in [-0.15, -0.1) is 0 Å². The molecule has 0 bridgehead atoms. The van der Waals surface area contributed by atoms with Crippen LogP contribution < -0.4 is 0 Å². The summed E-state index contributed by atoms with van der Waals surface area (Å²) in [6, 6.07) is 10.6. The van der Waals surface area contributed by atoms with Crippen LogP contribution >= 0.6 is 0 Å². The summed E-state index contributed by atoms with van der Waals surface area (Å²) in [5, 5.41) is 1.13. The maximum atomic E-state index is 13.4. The number of carbonyl (C=O) groups is 2. The van der Waals surface area contributed by atoms with Crippen molar-refractivity contribution in [2.24, 2.45) is 0 Å². The number of halogens is 1. The fourth-order valence-electron chi connectivity index (χ4n) is 4.53. The van der Waals surface area contributed by atoms with E-state index < -0.39 is 0 Å². The number of amides is 1. The zero-order valence-electron chi connectivity index (χ0n) is 19.1. The molecule has 1 amide bonds. The van der Waals surface area contributed by atoms with Gasteiger partial charge >= 0.3 is 5.97 Å². The first-order valence-electron chi connectivity index (χ1n) is 11.7. The van der Waals surface area contributed by atoms with Crippen LogP contribution in [0.4, 0.5) is 4.39 Å². The first kappa shape index (κ1) is 23.0. The van der Waals surface area contributed by atoms with E-state index in [9.17, 15) is 14.0 Å². The molecule has 1 aliphatic rings. The predicted molar refractivity (Wildman–Crippen MR) is 124 cm³/mol. The monoisotopic (exact) mass is 451 g/mol. The number of nitrogens with zero attached hydrogens (tertiary/aromatic N) is 3. The summed E-state index contributed by atoms with van der Waals surface area (Å²) in [6.45, 7) is 4.03. The van der Waals surface area contributed by atoms with E-state index in [-0.39, 0.29) is 17.7 Å². The first-order chi connectivity index (χ1) is 16.1. The Morgan fingerprint density at radius 1 is 1.09 bits per heavy atom. The molecule has 3 heterocycles. The van der Waals surface area contributed by atoms with Gasteiger partial charge in [-0.1, -0.05) is 18.6 Å². The van der Waals surface area contributed by atoms with Crippen molar-refractivity contribution in [1.29, 1.82) is 0 Å². The molecule has 174 valence electrons. The van der Waals surface area contributed by atoms with E-state index in [2.05, 4.69) is 15.6 Å². The fraction of sp³-hybridized carbons (Fsp3) is 0.423. The molecular formula is C26H30FN3O3. The molecule has 0 spiro atoms. The number of fused-ring (bicyclic) bond motifs is 3. The highest BCUT2D eigenvalue weighted by Crippen LogP contribution is 2.31. The second kappa shape index (κ2) is 10.6. The highest BCUT2D eigenvalue weighted by molar-refractivity contribution is 5.84. The maximum Gasteiger partial charge on any atom is 0.305 e. The van der Waals surface area contributed by atoms with Crippen molar-refractivity contribution < 1.29 is 18.7 Å². The van der Waals surface area contributed by atoms with Gasteiger partial charge in [0.25, 0.3) is 0 Å². The minimum Gasteiger partial charge on any atom is -0.466 e. The van der Waals surface area contributed by atoms with Crippen molar-refractivity contribution in [3.05, 3.63) is 65.2 Å². The number of esters is 1. The summed E-state index contributed by atoms with van der Waals surface area (Å²) in [7, 11) is 0. The molecule has 0 aliphatic carbocycles. The summed E-state index contributed by atoms with van der Waals surface area (Å²) < 4.78 is 20.5. The number of ether oxygens (including phenoxy) is 1. The zero-order chi connectivity index (χ0) is 23.2. The molecule has 33 heavy (non-hydrogen) atoms. The van der Waals surface area contributed by atoms with Crippen LogP contribution in [0, 0.1) is 5.82 Å². The van der Waals surface area contributed by atoms with E-state index in [4.69, 9.17) is 4.74 Å². The van der Waals surface area contributed by atoms with Gasteiger partial charge in [0.05, 0.1) is 13.2 Å². The summed E-state index contributed by atoms with van der Waals surface area (Å²) in [6.07, 6.45) is 5.81. The van der Waals surface area contributed by atoms with E-state index in [1.54, 1.807) is 25.3 Å². The Morgan fingerprint density at radius 3 is 2.67 bits per heavy atom. The van der Waals surface area contributed by atoms with Crippen molar-refractivity contribution in [2.45, 2.75) is 58.5 Å². The van der Waals surface area contributed by atoms with E-state index >= 15 is 0 Å². The average Bonchev–Trinajstić information content (AvgIpc) is 3.13. The van der Waals surface area contributed by atoms with E-state index in [0.29, 0.717) is 39.1 Å². The van der Waals surface area contributed by atoms with Gasteiger partial charge in [-0.3, -0.25) is 9.59 Å². The van der Waals surface area contributed by atoms with Gasteiger partial charge < -0.3 is 14.2 Å². The van der Waals surface area contributed by atoms with Crippen LogP contribution in [-0.4, -0.2) is 39.5 Å². The molecule has 0 atom stereocenters. The first-order valence-corrected chi connectivity index (χ1v) is 11.7.